The maximum absolute atomic E-state index is 10.6. The van der Waals surface area contributed by atoms with Crippen LogP contribution in [0, 0.1) is 5.92 Å². The van der Waals surface area contributed by atoms with Crippen molar-refractivity contribution in [3.63, 3.8) is 0 Å². The van der Waals surface area contributed by atoms with Crippen LogP contribution in [-0.2, 0) is 6.42 Å². The van der Waals surface area contributed by atoms with Gasteiger partial charge in [0.1, 0.15) is 0 Å². The summed E-state index contributed by atoms with van der Waals surface area (Å²) in [5.74, 6) is 0.519. The van der Waals surface area contributed by atoms with Crippen molar-refractivity contribution in [1.82, 2.24) is 0 Å². The molecule has 2 nitrogen and oxygen atoms in total. The molecule has 1 aliphatic carbocycles. The Bertz CT molecular complexity index is 439. The van der Waals surface area contributed by atoms with E-state index in [0.717, 1.165) is 6.54 Å². The van der Waals surface area contributed by atoms with Gasteiger partial charge in [0.2, 0.25) is 0 Å². The van der Waals surface area contributed by atoms with Crippen LogP contribution in [0.15, 0.2) is 24.3 Å². The highest BCUT2D eigenvalue weighted by atomic mass is 16.3. The molecular formula is C18H27NO. The number of fused-ring (bicyclic) bond motifs is 1. The summed E-state index contributed by atoms with van der Waals surface area (Å²) >= 11 is 0. The first-order valence-electron chi connectivity index (χ1n) is 8.28. The molecule has 2 heteroatoms. The largest absolute Gasteiger partial charge is 0.391 e. The van der Waals surface area contributed by atoms with Crippen LogP contribution in [0.25, 0.3) is 0 Å². The standard InChI is InChI=1S/C18H27NO/c1-14-11-12-15-7-5-6-10-17(15)19(14)13-18(20)16-8-3-2-4-9-16/h5-7,10,14,16,18,20H,2-4,8-9,11-13H2,1H3. The van der Waals surface area contributed by atoms with E-state index in [1.165, 1.54) is 56.2 Å². The predicted molar refractivity (Wildman–Crippen MR) is 84.2 cm³/mol. The van der Waals surface area contributed by atoms with E-state index in [4.69, 9.17) is 0 Å². The van der Waals surface area contributed by atoms with E-state index in [1.807, 2.05) is 0 Å². The first kappa shape index (κ1) is 13.9. The van der Waals surface area contributed by atoms with Crippen molar-refractivity contribution in [1.29, 1.82) is 0 Å². The molecule has 1 N–H and O–H groups in total. The predicted octanol–water partition coefficient (Wildman–Crippen LogP) is 3.77. The fraction of sp³-hybridized carbons (Fsp3) is 0.667. The molecule has 110 valence electrons. The van der Waals surface area contributed by atoms with Crippen molar-refractivity contribution in [3.8, 4) is 0 Å². The van der Waals surface area contributed by atoms with Gasteiger partial charge in [-0.25, -0.2) is 0 Å². The van der Waals surface area contributed by atoms with Gasteiger partial charge in [0.05, 0.1) is 6.10 Å². The van der Waals surface area contributed by atoms with Crippen LogP contribution in [0.2, 0.25) is 0 Å². The summed E-state index contributed by atoms with van der Waals surface area (Å²) in [6, 6.07) is 9.25. The lowest BCUT2D eigenvalue weighted by atomic mass is 9.84. The van der Waals surface area contributed by atoms with Crippen LogP contribution in [-0.4, -0.2) is 23.8 Å². The number of aliphatic hydroxyl groups excluding tert-OH is 1. The molecule has 3 rings (SSSR count). The van der Waals surface area contributed by atoms with Crippen LogP contribution in [0.4, 0.5) is 5.69 Å². The first-order chi connectivity index (χ1) is 9.75. The molecule has 1 aromatic rings. The van der Waals surface area contributed by atoms with Gasteiger partial charge in [-0.05, 0) is 50.2 Å². The summed E-state index contributed by atoms with van der Waals surface area (Å²) in [4.78, 5) is 2.44. The van der Waals surface area contributed by atoms with Crippen molar-refractivity contribution in [2.75, 3.05) is 11.4 Å². The van der Waals surface area contributed by atoms with Gasteiger partial charge in [0.25, 0.3) is 0 Å². The van der Waals surface area contributed by atoms with E-state index < -0.39 is 0 Å². The highest BCUT2D eigenvalue weighted by molar-refractivity contribution is 5.56. The number of aryl methyl sites for hydroxylation is 1. The Kier molecular flexibility index (Phi) is 4.30. The van der Waals surface area contributed by atoms with Crippen LogP contribution in [0.1, 0.15) is 51.0 Å². The number of rotatable bonds is 3. The minimum Gasteiger partial charge on any atom is -0.391 e. The summed E-state index contributed by atoms with van der Waals surface area (Å²) in [5.41, 5.74) is 2.79. The summed E-state index contributed by atoms with van der Waals surface area (Å²) in [7, 11) is 0. The Labute approximate surface area is 122 Å². The van der Waals surface area contributed by atoms with E-state index in [1.54, 1.807) is 0 Å². The van der Waals surface area contributed by atoms with E-state index in [2.05, 4.69) is 36.1 Å². The van der Waals surface area contributed by atoms with Crippen LogP contribution in [0.3, 0.4) is 0 Å². The molecule has 1 aromatic carbocycles. The number of benzene rings is 1. The lowest BCUT2D eigenvalue weighted by Gasteiger charge is -2.40. The number of hydrogen-bond acceptors (Lipinski definition) is 2. The van der Waals surface area contributed by atoms with E-state index in [9.17, 15) is 5.11 Å². The normalized spacial score (nSPS) is 25.3. The fourth-order valence-corrected chi connectivity index (χ4v) is 3.91. The van der Waals surface area contributed by atoms with Crippen molar-refractivity contribution < 1.29 is 5.11 Å². The summed E-state index contributed by atoms with van der Waals surface area (Å²) < 4.78 is 0. The molecule has 20 heavy (non-hydrogen) atoms. The summed E-state index contributed by atoms with van der Waals surface area (Å²) in [6.45, 7) is 3.10. The number of nitrogens with zero attached hydrogens (tertiary/aromatic N) is 1. The molecular weight excluding hydrogens is 246 g/mol. The molecule has 0 aromatic heterocycles. The Hall–Kier alpha value is -1.02. The van der Waals surface area contributed by atoms with Crippen molar-refractivity contribution in [2.45, 2.75) is 64.0 Å². The Morgan fingerprint density at radius 3 is 2.70 bits per heavy atom. The van der Waals surface area contributed by atoms with Crippen molar-refractivity contribution in [2.24, 2.45) is 5.92 Å². The monoisotopic (exact) mass is 273 g/mol. The Morgan fingerprint density at radius 1 is 1.15 bits per heavy atom. The smallest absolute Gasteiger partial charge is 0.0743 e. The summed E-state index contributed by atoms with van der Waals surface area (Å²) in [5, 5.41) is 10.6. The Balaban J connectivity index is 1.72. The fourth-order valence-electron chi connectivity index (χ4n) is 3.91. The van der Waals surface area contributed by atoms with Crippen LogP contribution >= 0.6 is 0 Å². The number of β-amino-alcohol motifs (C(OH)–C–C–N with tert-alkyl or cyclic N) is 1. The first-order valence-corrected chi connectivity index (χ1v) is 8.28. The molecule has 0 amide bonds. The van der Waals surface area contributed by atoms with Gasteiger partial charge in [-0.15, -0.1) is 0 Å². The molecule has 0 spiro atoms. The average molecular weight is 273 g/mol. The molecule has 0 saturated heterocycles. The Morgan fingerprint density at radius 2 is 1.90 bits per heavy atom. The third-order valence-electron chi connectivity index (χ3n) is 5.24. The molecule has 2 aliphatic rings. The number of para-hydroxylation sites is 1. The highest BCUT2D eigenvalue weighted by Crippen LogP contribution is 2.33. The van der Waals surface area contributed by atoms with E-state index in [-0.39, 0.29) is 6.10 Å². The quantitative estimate of drug-likeness (QED) is 0.906. The molecule has 2 unspecified atom stereocenters. The molecule has 1 aliphatic heterocycles. The summed E-state index contributed by atoms with van der Waals surface area (Å²) in [6.07, 6.45) is 8.59. The van der Waals surface area contributed by atoms with Gasteiger partial charge in [-0.1, -0.05) is 37.5 Å². The van der Waals surface area contributed by atoms with Crippen LogP contribution in [0.5, 0.6) is 0 Å². The zero-order chi connectivity index (χ0) is 13.9. The SMILES string of the molecule is CC1CCc2ccccc2N1CC(O)C1CCCCC1. The maximum Gasteiger partial charge on any atom is 0.0743 e. The second-order valence-corrected chi connectivity index (χ2v) is 6.63. The number of hydrogen-bond donors (Lipinski definition) is 1. The molecule has 0 bridgehead atoms. The number of aliphatic hydroxyl groups is 1. The molecule has 1 fully saturated rings. The lowest BCUT2D eigenvalue weighted by molar-refractivity contribution is 0.0881. The second kappa shape index (κ2) is 6.17. The topological polar surface area (TPSA) is 23.5 Å². The van der Waals surface area contributed by atoms with Gasteiger partial charge in [-0.3, -0.25) is 0 Å². The minimum atomic E-state index is -0.163. The van der Waals surface area contributed by atoms with Crippen molar-refractivity contribution >= 4 is 5.69 Å². The number of anilines is 1. The van der Waals surface area contributed by atoms with Crippen LogP contribution < -0.4 is 4.90 Å². The van der Waals surface area contributed by atoms with Gasteiger partial charge in [-0.2, -0.15) is 0 Å². The molecule has 1 saturated carbocycles. The third kappa shape index (κ3) is 2.85. The van der Waals surface area contributed by atoms with E-state index >= 15 is 0 Å². The molecule has 1 heterocycles. The molecule has 2 atom stereocenters. The third-order valence-corrected chi connectivity index (χ3v) is 5.24. The van der Waals surface area contributed by atoms with E-state index in [0.29, 0.717) is 12.0 Å². The maximum atomic E-state index is 10.6. The van der Waals surface area contributed by atoms with Gasteiger partial charge in [0.15, 0.2) is 0 Å². The highest BCUT2D eigenvalue weighted by Gasteiger charge is 2.28. The zero-order valence-corrected chi connectivity index (χ0v) is 12.6. The van der Waals surface area contributed by atoms with Gasteiger partial charge >= 0.3 is 0 Å². The molecule has 0 radical (unpaired) electrons. The van der Waals surface area contributed by atoms with Gasteiger partial charge in [0, 0.05) is 18.3 Å². The van der Waals surface area contributed by atoms with Crippen molar-refractivity contribution in [3.05, 3.63) is 29.8 Å². The second-order valence-electron chi connectivity index (χ2n) is 6.63. The van der Waals surface area contributed by atoms with Gasteiger partial charge < -0.3 is 10.0 Å². The zero-order valence-electron chi connectivity index (χ0n) is 12.6. The minimum absolute atomic E-state index is 0.163. The lowest BCUT2D eigenvalue weighted by Crippen LogP contribution is -2.44. The average Bonchev–Trinajstić information content (AvgIpc) is 2.51.